The molecule has 0 radical (unpaired) electrons. The van der Waals surface area contributed by atoms with Crippen molar-refractivity contribution in [2.45, 2.75) is 34.6 Å². The first-order valence-corrected chi connectivity index (χ1v) is 9.64. The van der Waals surface area contributed by atoms with Crippen molar-refractivity contribution in [1.82, 2.24) is 9.80 Å². The van der Waals surface area contributed by atoms with Crippen LogP contribution in [0.5, 0.6) is 5.75 Å². The van der Waals surface area contributed by atoms with Crippen molar-refractivity contribution >= 4 is 22.4 Å². The molecular formula is C22H30N2O3. The van der Waals surface area contributed by atoms with Crippen molar-refractivity contribution in [1.29, 1.82) is 0 Å². The summed E-state index contributed by atoms with van der Waals surface area (Å²) in [6.07, 6.45) is 1.74. The molecule has 3 rings (SSSR count). The van der Waals surface area contributed by atoms with Crippen molar-refractivity contribution in [2.24, 2.45) is 0 Å². The summed E-state index contributed by atoms with van der Waals surface area (Å²) in [4.78, 5) is 17.1. The third-order valence-corrected chi connectivity index (χ3v) is 5.75. The molecule has 0 aliphatic carbocycles. The van der Waals surface area contributed by atoms with Gasteiger partial charge in [0.25, 0.3) is 0 Å². The van der Waals surface area contributed by atoms with Crippen molar-refractivity contribution in [2.75, 3.05) is 39.8 Å². The third-order valence-electron chi connectivity index (χ3n) is 5.75. The first-order chi connectivity index (χ1) is 12.9. The summed E-state index contributed by atoms with van der Waals surface area (Å²) in [5.41, 5.74) is 4.83. The van der Waals surface area contributed by atoms with Gasteiger partial charge in [0.1, 0.15) is 17.1 Å². The van der Waals surface area contributed by atoms with Crippen molar-refractivity contribution in [3.8, 4) is 5.75 Å². The molecule has 2 aromatic rings. The van der Waals surface area contributed by atoms with Crippen LogP contribution in [0.3, 0.4) is 0 Å². The lowest BCUT2D eigenvalue weighted by Crippen LogP contribution is -2.48. The van der Waals surface area contributed by atoms with E-state index in [1.165, 1.54) is 0 Å². The average molecular weight is 370 g/mol. The molecule has 27 heavy (non-hydrogen) atoms. The highest BCUT2D eigenvalue weighted by molar-refractivity contribution is 5.98. The molecule has 5 heteroatoms. The Labute approximate surface area is 161 Å². The van der Waals surface area contributed by atoms with E-state index >= 15 is 0 Å². The zero-order valence-electron chi connectivity index (χ0n) is 17.3. The Kier molecular flexibility index (Phi) is 5.61. The number of methoxy groups -OCH3 is 1. The Morgan fingerprint density at radius 3 is 2.44 bits per heavy atom. The number of fused-ring (bicyclic) bond motifs is 1. The van der Waals surface area contributed by atoms with Gasteiger partial charge in [0, 0.05) is 48.8 Å². The van der Waals surface area contributed by atoms with Gasteiger partial charge in [0.15, 0.2) is 0 Å². The number of hydrogen-bond acceptors (Lipinski definition) is 4. The molecule has 1 aromatic carbocycles. The first-order valence-electron chi connectivity index (χ1n) is 9.64. The number of furan rings is 1. The van der Waals surface area contributed by atoms with Gasteiger partial charge in [-0.05, 0) is 51.4 Å². The van der Waals surface area contributed by atoms with E-state index in [1.54, 1.807) is 13.2 Å². The maximum Gasteiger partial charge on any atom is 0.246 e. The summed E-state index contributed by atoms with van der Waals surface area (Å²) < 4.78 is 11.6. The molecule has 1 fully saturated rings. The summed E-state index contributed by atoms with van der Waals surface area (Å²) in [6.45, 7) is 14.7. The lowest BCUT2D eigenvalue weighted by molar-refractivity contribution is -0.127. The van der Waals surface area contributed by atoms with Crippen LogP contribution in [-0.2, 0) is 4.79 Å². The van der Waals surface area contributed by atoms with Gasteiger partial charge in [-0.1, -0.05) is 6.92 Å². The lowest BCUT2D eigenvalue weighted by Gasteiger charge is -2.33. The minimum absolute atomic E-state index is 0.0724. The number of aryl methyl sites for hydroxylation is 3. The Balaban J connectivity index is 1.94. The normalized spacial score (nSPS) is 16.2. The fourth-order valence-electron chi connectivity index (χ4n) is 3.81. The predicted octanol–water partition coefficient (Wildman–Crippen LogP) is 3.93. The Morgan fingerprint density at radius 1 is 1.19 bits per heavy atom. The molecule has 5 nitrogen and oxygen atoms in total. The van der Waals surface area contributed by atoms with Gasteiger partial charge >= 0.3 is 0 Å². The maximum absolute atomic E-state index is 12.8. The fraction of sp³-hybridized carbons (Fsp3) is 0.500. The molecule has 0 atom stereocenters. The van der Waals surface area contributed by atoms with Crippen LogP contribution in [0.15, 0.2) is 16.6 Å². The number of carbonyl (C=O) groups is 1. The lowest BCUT2D eigenvalue weighted by atomic mass is 9.98. The van der Waals surface area contributed by atoms with E-state index in [4.69, 9.17) is 9.15 Å². The molecule has 0 N–H and O–H groups in total. The van der Waals surface area contributed by atoms with Crippen LogP contribution in [0.2, 0.25) is 0 Å². The van der Waals surface area contributed by atoms with E-state index in [9.17, 15) is 4.79 Å². The monoisotopic (exact) mass is 370 g/mol. The Hall–Kier alpha value is -2.27. The number of rotatable bonds is 4. The number of piperazine rings is 1. The second-order valence-electron chi connectivity index (χ2n) is 7.33. The number of benzene rings is 1. The molecule has 1 aromatic heterocycles. The molecule has 146 valence electrons. The van der Waals surface area contributed by atoms with Crippen LogP contribution >= 0.6 is 0 Å². The van der Waals surface area contributed by atoms with Gasteiger partial charge in [-0.15, -0.1) is 0 Å². The predicted molar refractivity (Wildman–Crippen MR) is 109 cm³/mol. The first kappa shape index (κ1) is 19.5. The smallest absolute Gasteiger partial charge is 0.246 e. The Morgan fingerprint density at radius 2 is 1.85 bits per heavy atom. The second kappa shape index (κ2) is 7.77. The van der Waals surface area contributed by atoms with Crippen LogP contribution < -0.4 is 4.74 Å². The van der Waals surface area contributed by atoms with Crippen LogP contribution in [0.25, 0.3) is 16.5 Å². The van der Waals surface area contributed by atoms with E-state index in [2.05, 4.69) is 24.8 Å². The van der Waals surface area contributed by atoms with Gasteiger partial charge in [-0.25, -0.2) is 0 Å². The van der Waals surface area contributed by atoms with E-state index in [-0.39, 0.29) is 5.91 Å². The van der Waals surface area contributed by atoms with Crippen LogP contribution in [-0.4, -0.2) is 55.5 Å². The Bertz CT molecular complexity index is 887. The standard InChI is InChI=1S/C22H30N2O3/c1-7-23-8-10-24(11-9-23)20(25)12-14(2)18-13-19-15(3)17(5)27-22(19)16(4)21(18)26-6/h12-13H,7-11H2,1-6H3/b14-12+. The average Bonchev–Trinajstić information content (AvgIpc) is 2.96. The number of allylic oxidation sites excluding steroid dienone is 1. The molecule has 0 spiro atoms. The minimum atomic E-state index is 0.0724. The summed E-state index contributed by atoms with van der Waals surface area (Å²) >= 11 is 0. The molecule has 1 saturated heterocycles. The molecule has 0 bridgehead atoms. The molecule has 0 unspecified atom stereocenters. The fourth-order valence-corrected chi connectivity index (χ4v) is 3.81. The van der Waals surface area contributed by atoms with Crippen LogP contribution in [0.1, 0.15) is 36.3 Å². The van der Waals surface area contributed by atoms with E-state index < -0.39 is 0 Å². The van der Waals surface area contributed by atoms with Crippen molar-refractivity contribution in [3.05, 3.63) is 34.6 Å². The molecule has 0 saturated carbocycles. The van der Waals surface area contributed by atoms with Crippen molar-refractivity contribution in [3.63, 3.8) is 0 Å². The summed E-state index contributed by atoms with van der Waals surface area (Å²) in [6, 6.07) is 2.08. The number of hydrogen-bond donors (Lipinski definition) is 0. The summed E-state index contributed by atoms with van der Waals surface area (Å²) in [7, 11) is 1.67. The highest BCUT2D eigenvalue weighted by Gasteiger charge is 2.21. The van der Waals surface area contributed by atoms with Gasteiger partial charge < -0.3 is 19.0 Å². The topological polar surface area (TPSA) is 45.9 Å². The molecular weight excluding hydrogens is 340 g/mol. The van der Waals surface area contributed by atoms with Gasteiger partial charge in [0.2, 0.25) is 5.91 Å². The maximum atomic E-state index is 12.8. The van der Waals surface area contributed by atoms with Gasteiger partial charge in [-0.2, -0.15) is 0 Å². The van der Waals surface area contributed by atoms with Gasteiger partial charge in [0.05, 0.1) is 7.11 Å². The number of amides is 1. The highest BCUT2D eigenvalue weighted by atomic mass is 16.5. The molecule has 1 aliphatic rings. The molecule has 1 amide bonds. The zero-order valence-corrected chi connectivity index (χ0v) is 17.3. The molecule has 1 aliphatic heterocycles. The second-order valence-corrected chi connectivity index (χ2v) is 7.33. The third kappa shape index (κ3) is 3.61. The minimum Gasteiger partial charge on any atom is -0.496 e. The van der Waals surface area contributed by atoms with E-state index in [1.807, 2.05) is 25.7 Å². The quantitative estimate of drug-likeness (QED) is 0.765. The van der Waals surface area contributed by atoms with Crippen LogP contribution in [0, 0.1) is 20.8 Å². The van der Waals surface area contributed by atoms with E-state index in [0.717, 1.165) is 77.5 Å². The molecule has 2 heterocycles. The van der Waals surface area contributed by atoms with Gasteiger partial charge in [-0.3, -0.25) is 4.79 Å². The number of nitrogens with zero attached hydrogens (tertiary/aromatic N) is 2. The van der Waals surface area contributed by atoms with E-state index in [0.29, 0.717) is 0 Å². The highest BCUT2D eigenvalue weighted by Crippen LogP contribution is 2.38. The van der Waals surface area contributed by atoms with Crippen LogP contribution in [0.4, 0.5) is 0 Å². The number of ether oxygens (including phenoxy) is 1. The SMILES string of the molecule is CCN1CCN(C(=O)/C=C(\C)c2cc3c(C)c(C)oc3c(C)c2OC)CC1. The van der Waals surface area contributed by atoms with Crippen molar-refractivity contribution < 1.29 is 13.9 Å². The largest absolute Gasteiger partial charge is 0.496 e. The summed E-state index contributed by atoms with van der Waals surface area (Å²) in [5.74, 6) is 1.76. The zero-order chi connectivity index (χ0) is 19.7. The summed E-state index contributed by atoms with van der Waals surface area (Å²) in [5, 5.41) is 1.08. The number of likely N-dealkylation sites (N-methyl/N-ethyl adjacent to an activating group) is 1. The number of carbonyl (C=O) groups excluding carboxylic acids is 1.